The average molecular weight is 339 g/mol. The number of hydroxylamine groups is 2. The predicted molar refractivity (Wildman–Crippen MR) is 84.0 cm³/mol. The number of para-hydroxylation sites is 2. The number of ether oxygens (including phenoxy) is 2. The highest BCUT2D eigenvalue weighted by Gasteiger charge is 2.39. The first-order chi connectivity index (χ1) is 12.1. The largest absolute Gasteiger partial charge is 0.486 e. The average Bonchev–Trinajstić information content (AvgIpc) is 2.87. The lowest BCUT2D eigenvalue weighted by atomic mass is 10.1. The fourth-order valence-electron chi connectivity index (χ4n) is 2.74. The number of imide groups is 1. The van der Waals surface area contributed by atoms with Crippen LogP contribution in [0.3, 0.4) is 0 Å². The van der Waals surface area contributed by atoms with Crippen LogP contribution < -0.4 is 9.47 Å². The third-order valence-electron chi connectivity index (χ3n) is 3.91. The van der Waals surface area contributed by atoms with Crippen molar-refractivity contribution in [2.75, 3.05) is 6.61 Å². The van der Waals surface area contributed by atoms with Gasteiger partial charge in [-0.2, -0.15) is 0 Å². The molecule has 2 aliphatic rings. The molecular formula is C18H13NO6. The summed E-state index contributed by atoms with van der Waals surface area (Å²) in [6, 6.07) is 13.4. The molecule has 0 saturated carbocycles. The van der Waals surface area contributed by atoms with Crippen molar-refractivity contribution < 1.29 is 28.7 Å². The number of benzene rings is 2. The molecule has 2 amide bonds. The molecule has 1 unspecified atom stereocenters. The summed E-state index contributed by atoms with van der Waals surface area (Å²) < 4.78 is 11.2. The standard InChI is InChI=1S/C18H13NO6/c20-16(9-11-10-23-14-7-3-4-8-15(14)24-11)25-19-17(21)12-5-1-2-6-13(12)18(19)22/h1-8,11H,9-10H2. The van der Waals surface area contributed by atoms with E-state index >= 15 is 0 Å². The number of amides is 2. The highest BCUT2D eigenvalue weighted by atomic mass is 16.7. The number of nitrogens with zero attached hydrogens (tertiary/aromatic N) is 1. The highest BCUT2D eigenvalue weighted by molar-refractivity contribution is 6.20. The topological polar surface area (TPSA) is 82.1 Å². The summed E-state index contributed by atoms with van der Waals surface area (Å²) in [7, 11) is 0. The Morgan fingerprint density at radius 3 is 2.28 bits per heavy atom. The molecule has 0 bridgehead atoms. The molecule has 2 aromatic carbocycles. The molecule has 2 aromatic rings. The van der Waals surface area contributed by atoms with E-state index < -0.39 is 23.9 Å². The molecule has 1 atom stereocenters. The SMILES string of the molecule is O=C(CC1COc2ccccc2O1)ON1C(=O)c2ccccc2C1=O. The Kier molecular flexibility index (Phi) is 3.61. The third-order valence-corrected chi connectivity index (χ3v) is 3.91. The van der Waals surface area contributed by atoms with Crippen molar-refractivity contribution in [1.29, 1.82) is 0 Å². The van der Waals surface area contributed by atoms with Gasteiger partial charge in [0.15, 0.2) is 11.5 Å². The van der Waals surface area contributed by atoms with Gasteiger partial charge < -0.3 is 14.3 Å². The molecular weight excluding hydrogens is 326 g/mol. The van der Waals surface area contributed by atoms with Crippen LogP contribution >= 0.6 is 0 Å². The Labute approximate surface area is 142 Å². The van der Waals surface area contributed by atoms with Gasteiger partial charge in [-0.05, 0) is 24.3 Å². The van der Waals surface area contributed by atoms with E-state index in [9.17, 15) is 14.4 Å². The van der Waals surface area contributed by atoms with E-state index in [1.165, 1.54) is 12.1 Å². The number of hydrogen-bond acceptors (Lipinski definition) is 6. The molecule has 0 N–H and O–H groups in total. The molecule has 0 radical (unpaired) electrons. The first-order valence-electron chi connectivity index (χ1n) is 7.70. The van der Waals surface area contributed by atoms with Crippen LogP contribution in [0.15, 0.2) is 48.5 Å². The summed E-state index contributed by atoms with van der Waals surface area (Å²) in [5.74, 6) is -0.914. The van der Waals surface area contributed by atoms with Gasteiger partial charge in [0, 0.05) is 0 Å². The maximum Gasteiger partial charge on any atom is 0.337 e. The fraction of sp³-hybridized carbons (Fsp3) is 0.167. The van der Waals surface area contributed by atoms with Gasteiger partial charge in [0.05, 0.1) is 17.5 Å². The molecule has 0 aromatic heterocycles. The zero-order valence-corrected chi connectivity index (χ0v) is 13.0. The Bertz CT molecular complexity index is 842. The highest BCUT2D eigenvalue weighted by Crippen LogP contribution is 2.31. The van der Waals surface area contributed by atoms with Gasteiger partial charge in [0.25, 0.3) is 11.8 Å². The summed E-state index contributed by atoms with van der Waals surface area (Å²) in [5.41, 5.74) is 0.429. The van der Waals surface area contributed by atoms with Crippen LogP contribution in [0.2, 0.25) is 0 Å². The van der Waals surface area contributed by atoms with Crippen molar-refractivity contribution in [3.05, 3.63) is 59.7 Å². The normalized spacial score (nSPS) is 18.1. The number of carbonyl (C=O) groups excluding carboxylic acids is 3. The van der Waals surface area contributed by atoms with Gasteiger partial charge in [-0.15, -0.1) is 0 Å². The van der Waals surface area contributed by atoms with Crippen LogP contribution in [0.1, 0.15) is 27.1 Å². The van der Waals surface area contributed by atoms with Gasteiger partial charge in [-0.25, -0.2) is 4.79 Å². The van der Waals surface area contributed by atoms with Crippen LogP contribution in [0.4, 0.5) is 0 Å². The smallest absolute Gasteiger partial charge is 0.337 e. The van der Waals surface area contributed by atoms with E-state index in [4.69, 9.17) is 14.3 Å². The van der Waals surface area contributed by atoms with Gasteiger partial charge in [0.1, 0.15) is 12.7 Å². The van der Waals surface area contributed by atoms with E-state index in [1.54, 1.807) is 30.3 Å². The monoisotopic (exact) mass is 339 g/mol. The molecule has 0 fully saturated rings. The molecule has 7 nitrogen and oxygen atoms in total. The first kappa shape index (κ1) is 15.2. The fourth-order valence-corrected chi connectivity index (χ4v) is 2.74. The molecule has 0 aliphatic carbocycles. The Morgan fingerprint density at radius 1 is 1.00 bits per heavy atom. The Hall–Kier alpha value is -3.35. The lowest BCUT2D eigenvalue weighted by Gasteiger charge is -2.26. The molecule has 2 aliphatic heterocycles. The summed E-state index contributed by atoms with van der Waals surface area (Å²) in [6.45, 7) is 0.175. The van der Waals surface area contributed by atoms with Crippen molar-refractivity contribution in [2.45, 2.75) is 12.5 Å². The quantitative estimate of drug-likeness (QED) is 0.795. The van der Waals surface area contributed by atoms with Gasteiger partial charge >= 0.3 is 5.97 Å². The molecule has 25 heavy (non-hydrogen) atoms. The van der Waals surface area contributed by atoms with Gasteiger partial charge in [0.2, 0.25) is 0 Å². The van der Waals surface area contributed by atoms with Crippen molar-refractivity contribution in [3.63, 3.8) is 0 Å². The van der Waals surface area contributed by atoms with Crippen LogP contribution in [0.5, 0.6) is 11.5 Å². The van der Waals surface area contributed by atoms with E-state index in [2.05, 4.69) is 0 Å². The van der Waals surface area contributed by atoms with Crippen LogP contribution in [-0.4, -0.2) is 35.6 Å². The molecule has 2 heterocycles. The second kappa shape index (κ2) is 5.94. The summed E-state index contributed by atoms with van der Waals surface area (Å²) >= 11 is 0. The number of rotatable bonds is 3. The zero-order chi connectivity index (χ0) is 17.4. The Morgan fingerprint density at radius 2 is 1.60 bits per heavy atom. The molecule has 0 spiro atoms. The van der Waals surface area contributed by atoms with Gasteiger partial charge in [-0.1, -0.05) is 29.3 Å². The minimum atomic E-state index is -0.748. The maximum atomic E-state index is 12.2. The summed E-state index contributed by atoms with van der Waals surface area (Å²) in [5, 5.41) is 0.491. The molecule has 0 saturated heterocycles. The maximum absolute atomic E-state index is 12.2. The summed E-state index contributed by atoms with van der Waals surface area (Å²) in [4.78, 5) is 41.4. The number of hydrogen-bond donors (Lipinski definition) is 0. The molecule has 126 valence electrons. The number of fused-ring (bicyclic) bond motifs is 2. The minimum absolute atomic E-state index is 0.151. The first-order valence-corrected chi connectivity index (χ1v) is 7.70. The lowest BCUT2D eigenvalue weighted by molar-refractivity contribution is -0.171. The van der Waals surface area contributed by atoms with Crippen molar-refractivity contribution >= 4 is 17.8 Å². The second-order valence-electron chi connectivity index (χ2n) is 5.62. The Balaban J connectivity index is 1.41. The molecule has 7 heteroatoms. The van der Waals surface area contributed by atoms with E-state index in [0.29, 0.717) is 16.6 Å². The van der Waals surface area contributed by atoms with E-state index in [0.717, 1.165) is 0 Å². The molecule has 4 rings (SSSR count). The van der Waals surface area contributed by atoms with Crippen molar-refractivity contribution in [1.82, 2.24) is 5.06 Å². The van der Waals surface area contributed by atoms with Crippen molar-refractivity contribution in [3.8, 4) is 11.5 Å². The van der Waals surface area contributed by atoms with Crippen LogP contribution in [0.25, 0.3) is 0 Å². The lowest BCUT2D eigenvalue weighted by Crippen LogP contribution is -2.37. The van der Waals surface area contributed by atoms with E-state index in [-0.39, 0.29) is 24.2 Å². The number of carbonyl (C=O) groups is 3. The predicted octanol–water partition coefficient (Wildman–Crippen LogP) is 1.97. The van der Waals surface area contributed by atoms with Crippen LogP contribution in [-0.2, 0) is 9.63 Å². The third kappa shape index (κ3) is 2.69. The summed E-state index contributed by atoms with van der Waals surface area (Å²) in [6.07, 6.45) is -0.709. The minimum Gasteiger partial charge on any atom is -0.486 e. The van der Waals surface area contributed by atoms with Gasteiger partial charge in [-0.3, -0.25) is 9.59 Å². The van der Waals surface area contributed by atoms with Crippen molar-refractivity contribution in [2.24, 2.45) is 0 Å². The zero-order valence-electron chi connectivity index (χ0n) is 13.0. The van der Waals surface area contributed by atoms with E-state index in [1.807, 2.05) is 6.07 Å². The van der Waals surface area contributed by atoms with Crippen LogP contribution in [0, 0.1) is 0 Å². The second-order valence-corrected chi connectivity index (χ2v) is 5.62.